The van der Waals surface area contributed by atoms with Gasteiger partial charge in [0.1, 0.15) is 11.6 Å². The second-order valence-corrected chi connectivity index (χ2v) is 6.10. The van der Waals surface area contributed by atoms with E-state index in [1.807, 2.05) is 18.4 Å². The summed E-state index contributed by atoms with van der Waals surface area (Å²) in [5, 5.41) is 5.01. The van der Waals surface area contributed by atoms with E-state index in [2.05, 4.69) is 21.2 Å². The summed E-state index contributed by atoms with van der Waals surface area (Å²) in [6, 6.07) is 5.36. The van der Waals surface area contributed by atoms with Crippen LogP contribution in [0.15, 0.2) is 33.4 Å². The lowest BCUT2D eigenvalue weighted by atomic mass is 10.00. The average molecular weight is 332 g/mol. The van der Waals surface area contributed by atoms with Crippen LogP contribution in [-0.2, 0) is 0 Å². The second-order valence-electron chi connectivity index (χ2n) is 3.81. The van der Waals surface area contributed by atoms with Crippen molar-refractivity contribution >= 4 is 27.3 Å². The van der Waals surface area contributed by atoms with Gasteiger partial charge in [0, 0.05) is 5.56 Å². The van der Waals surface area contributed by atoms with Gasteiger partial charge in [0.05, 0.1) is 9.83 Å². The predicted octanol–water partition coefficient (Wildman–Crippen LogP) is 4.49. The highest BCUT2D eigenvalue weighted by molar-refractivity contribution is 9.11. The van der Waals surface area contributed by atoms with E-state index in [-0.39, 0.29) is 5.56 Å². The lowest BCUT2D eigenvalue weighted by molar-refractivity contribution is 0.511. The van der Waals surface area contributed by atoms with Gasteiger partial charge in [-0.05, 0) is 51.6 Å². The van der Waals surface area contributed by atoms with Gasteiger partial charge in [-0.3, -0.25) is 0 Å². The van der Waals surface area contributed by atoms with E-state index in [0.29, 0.717) is 6.54 Å². The third-order valence-corrected chi connectivity index (χ3v) is 4.14. The maximum atomic E-state index is 13.8. The Balaban J connectivity index is 2.47. The SMILES string of the molecule is CCNC(c1csc(Br)c1)c1c(F)cccc1F. The quantitative estimate of drug-likeness (QED) is 0.870. The number of hydrogen-bond acceptors (Lipinski definition) is 2. The van der Waals surface area contributed by atoms with Crippen LogP contribution in [0.25, 0.3) is 0 Å². The van der Waals surface area contributed by atoms with Gasteiger partial charge in [-0.1, -0.05) is 13.0 Å². The maximum Gasteiger partial charge on any atom is 0.131 e. The van der Waals surface area contributed by atoms with E-state index in [1.165, 1.54) is 29.5 Å². The molecule has 1 aromatic carbocycles. The average Bonchev–Trinajstić information content (AvgIpc) is 2.74. The topological polar surface area (TPSA) is 12.0 Å². The first kappa shape index (κ1) is 13.6. The van der Waals surface area contributed by atoms with Crippen LogP contribution in [0.1, 0.15) is 24.1 Å². The minimum absolute atomic E-state index is 0.0738. The van der Waals surface area contributed by atoms with Crippen LogP contribution in [-0.4, -0.2) is 6.54 Å². The van der Waals surface area contributed by atoms with E-state index in [1.54, 1.807) is 0 Å². The Bertz CT molecular complexity index is 521. The summed E-state index contributed by atoms with van der Waals surface area (Å²) in [4.78, 5) is 0. The Morgan fingerprint density at radius 2 is 2.00 bits per heavy atom. The Morgan fingerprint density at radius 1 is 1.33 bits per heavy atom. The molecule has 0 bridgehead atoms. The molecule has 1 nitrogen and oxygen atoms in total. The van der Waals surface area contributed by atoms with Crippen molar-refractivity contribution in [3.05, 3.63) is 56.2 Å². The molecule has 1 atom stereocenters. The first-order valence-electron chi connectivity index (χ1n) is 5.54. The molecule has 1 N–H and O–H groups in total. The molecule has 0 saturated carbocycles. The van der Waals surface area contributed by atoms with Crippen molar-refractivity contribution in [3.8, 4) is 0 Å². The van der Waals surface area contributed by atoms with E-state index < -0.39 is 17.7 Å². The monoisotopic (exact) mass is 331 g/mol. The largest absolute Gasteiger partial charge is 0.306 e. The van der Waals surface area contributed by atoms with Crippen molar-refractivity contribution in [2.75, 3.05) is 6.54 Å². The zero-order valence-corrected chi connectivity index (χ0v) is 12.1. The molecule has 96 valence electrons. The third-order valence-electron chi connectivity index (χ3n) is 2.62. The molecule has 0 aliphatic heterocycles. The molecule has 2 aromatic rings. The standard InChI is InChI=1S/C13H12BrF2NS/c1-2-17-13(8-6-11(14)18-7-8)12-9(15)4-3-5-10(12)16/h3-7,13,17H,2H2,1H3. The molecular formula is C13H12BrF2NS. The Labute approximate surface area is 117 Å². The molecule has 0 aliphatic rings. The fourth-order valence-electron chi connectivity index (χ4n) is 1.85. The third kappa shape index (κ3) is 2.79. The molecule has 2 rings (SSSR count). The number of halogens is 3. The van der Waals surface area contributed by atoms with Gasteiger partial charge in [-0.2, -0.15) is 0 Å². The summed E-state index contributed by atoms with van der Waals surface area (Å²) in [7, 11) is 0. The number of nitrogens with one attached hydrogen (secondary N) is 1. The van der Waals surface area contributed by atoms with Crippen LogP contribution >= 0.6 is 27.3 Å². The fourth-order valence-corrected chi connectivity index (χ4v) is 3.05. The van der Waals surface area contributed by atoms with Crippen molar-refractivity contribution < 1.29 is 8.78 Å². The van der Waals surface area contributed by atoms with E-state index in [4.69, 9.17) is 0 Å². The van der Waals surface area contributed by atoms with E-state index >= 15 is 0 Å². The maximum absolute atomic E-state index is 13.8. The van der Waals surface area contributed by atoms with Crippen LogP contribution in [0, 0.1) is 11.6 Å². The van der Waals surface area contributed by atoms with Crippen molar-refractivity contribution in [3.63, 3.8) is 0 Å². The summed E-state index contributed by atoms with van der Waals surface area (Å²) >= 11 is 4.86. The first-order chi connectivity index (χ1) is 8.63. The minimum Gasteiger partial charge on any atom is -0.306 e. The fraction of sp³-hybridized carbons (Fsp3) is 0.231. The summed E-state index contributed by atoms with van der Waals surface area (Å²) in [6.07, 6.45) is 0. The molecule has 0 spiro atoms. The van der Waals surface area contributed by atoms with Crippen molar-refractivity contribution in [2.45, 2.75) is 13.0 Å². The molecule has 1 unspecified atom stereocenters. The van der Waals surface area contributed by atoms with Crippen LogP contribution in [0.5, 0.6) is 0 Å². The van der Waals surface area contributed by atoms with Gasteiger partial charge in [-0.25, -0.2) is 8.78 Å². The lowest BCUT2D eigenvalue weighted by Gasteiger charge is -2.18. The lowest BCUT2D eigenvalue weighted by Crippen LogP contribution is -2.23. The predicted molar refractivity (Wildman–Crippen MR) is 73.9 cm³/mol. The molecule has 0 fully saturated rings. The smallest absolute Gasteiger partial charge is 0.131 e. The van der Waals surface area contributed by atoms with Gasteiger partial charge < -0.3 is 5.32 Å². The molecule has 0 aliphatic carbocycles. The van der Waals surface area contributed by atoms with Crippen LogP contribution < -0.4 is 5.32 Å². The highest BCUT2D eigenvalue weighted by atomic mass is 79.9. The summed E-state index contributed by atoms with van der Waals surface area (Å²) in [5.74, 6) is -1.05. The minimum atomic E-state index is -0.525. The molecule has 1 heterocycles. The van der Waals surface area contributed by atoms with Crippen molar-refractivity contribution in [1.82, 2.24) is 5.32 Å². The Hall–Kier alpha value is -0.780. The van der Waals surface area contributed by atoms with Gasteiger partial charge in [-0.15, -0.1) is 11.3 Å². The van der Waals surface area contributed by atoms with Crippen LogP contribution in [0.4, 0.5) is 8.78 Å². The van der Waals surface area contributed by atoms with Crippen LogP contribution in [0.2, 0.25) is 0 Å². The van der Waals surface area contributed by atoms with E-state index in [0.717, 1.165) is 9.35 Å². The van der Waals surface area contributed by atoms with Gasteiger partial charge in [0.25, 0.3) is 0 Å². The molecule has 0 saturated heterocycles. The van der Waals surface area contributed by atoms with Gasteiger partial charge in [0.15, 0.2) is 0 Å². The number of thiophene rings is 1. The van der Waals surface area contributed by atoms with Crippen molar-refractivity contribution in [1.29, 1.82) is 0 Å². The molecule has 5 heteroatoms. The number of hydrogen-bond donors (Lipinski definition) is 1. The number of rotatable bonds is 4. The Morgan fingerprint density at radius 3 is 2.50 bits per heavy atom. The molecule has 0 radical (unpaired) electrons. The normalized spacial score (nSPS) is 12.7. The molecule has 18 heavy (non-hydrogen) atoms. The Kier molecular flexibility index (Phi) is 4.48. The number of benzene rings is 1. The molecule has 0 amide bonds. The highest BCUT2D eigenvalue weighted by Gasteiger charge is 2.21. The first-order valence-corrected chi connectivity index (χ1v) is 7.22. The van der Waals surface area contributed by atoms with E-state index in [9.17, 15) is 8.78 Å². The second kappa shape index (κ2) is 5.91. The zero-order chi connectivity index (χ0) is 13.1. The molecular weight excluding hydrogens is 320 g/mol. The zero-order valence-electron chi connectivity index (χ0n) is 9.71. The summed E-state index contributed by atoms with van der Waals surface area (Å²) in [6.45, 7) is 2.54. The van der Waals surface area contributed by atoms with Gasteiger partial charge in [0.2, 0.25) is 0 Å². The summed E-state index contributed by atoms with van der Waals surface area (Å²) < 4.78 is 28.6. The van der Waals surface area contributed by atoms with Crippen LogP contribution in [0.3, 0.4) is 0 Å². The van der Waals surface area contributed by atoms with Crippen molar-refractivity contribution in [2.24, 2.45) is 0 Å². The summed E-state index contributed by atoms with van der Waals surface area (Å²) in [5.41, 5.74) is 0.933. The highest BCUT2D eigenvalue weighted by Crippen LogP contribution is 2.31. The van der Waals surface area contributed by atoms with Gasteiger partial charge >= 0.3 is 0 Å². The molecule has 1 aromatic heterocycles.